The van der Waals surface area contributed by atoms with Crippen LogP contribution in [0.25, 0.3) is 0 Å². The Kier molecular flexibility index (Phi) is 4.79. The molecule has 1 fully saturated rings. The molecule has 1 saturated carbocycles. The number of phenols is 1. The van der Waals surface area contributed by atoms with Gasteiger partial charge in [-0.1, -0.05) is 12.8 Å². The molecule has 24 heavy (non-hydrogen) atoms. The third-order valence-electron chi connectivity index (χ3n) is 4.05. The van der Waals surface area contributed by atoms with Gasteiger partial charge in [-0.25, -0.2) is 9.48 Å². The normalized spacial score (nSPS) is 14.5. The summed E-state index contributed by atoms with van der Waals surface area (Å²) < 4.78 is 6.81. The molecule has 2 N–H and O–H groups in total. The highest BCUT2D eigenvalue weighted by atomic mass is 16.5. The Labute approximate surface area is 139 Å². The van der Waals surface area contributed by atoms with E-state index in [1.54, 1.807) is 12.3 Å². The number of aromatic nitrogens is 2. The maximum Gasteiger partial charge on any atom is 0.338 e. The number of ether oxygens (including phenoxy) is 1. The molecule has 3 rings (SSSR count). The molecule has 0 spiro atoms. The molecular weight excluding hydrogens is 310 g/mol. The number of benzene rings is 1. The van der Waals surface area contributed by atoms with Gasteiger partial charge in [-0.2, -0.15) is 5.10 Å². The zero-order valence-electron chi connectivity index (χ0n) is 13.1. The molecule has 1 aliphatic carbocycles. The van der Waals surface area contributed by atoms with Crippen LogP contribution in [0.3, 0.4) is 0 Å². The molecule has 7 nitrogen and oxygen atoms in total. The molecule has 7 heteroatoms. The summed E-state index contributed by atoms with van der Waals surface area (Å²) in [6, 6.07) is 7.69. The number of aromatic hydroxyl groups is 1. The molecule has 0 saturated heterocycles. The first-order chi connectivity index (χ1) is 11.6. The quantitative estimate of drug-likeness (QED) is 0.822. The Morgan fingerprint density at radius 1 is 1.21 bits per heavy atom. The first kappa shape index (κ1) is 16.0. The SMILES string of the molecule is O=C(COC(=O)c1ccc(O)cc1)Nc1ccnn1C1CCCC1. The van der Waals surface area contributed by atoms with Gasteiger partial charge in [0.2, 0.25) is 0 Å². The average Bonchev–Trinajstić information content (AvgIpc) is 3.24. The summed E-state index contributed by atoms with van der Waals surface area (Å²) >= 11 is 0. The maximum atomic E-state index is 12.0. The Bertz CT molecular complexity index is 718. The van der Waals surface area contributed by atoms with Gasteiger partial charge in [0, 0.05) is 6.07 Å². The molecule has 0 radical (unpaired) electrons. The zero-order valence-corrected chi connectivity index (χ0v) is 13.1. The van der Waals surface area contributed by atoms with Crippen molar-refractivity contribution in [2.45, 2.75) is 31.7 Å². The number of amides is 1. The second-order valence-electron chi connectivity index (χ2n) is 5.77. The van der Waals surface area contributed by atoms with Crippen LogP contribution in [0.2, 0.25) is 0 Å². The van der Waals surface area contributed by atoms with Gasteiger partial charge >= 0.3 is 5.97 Å². The van der Waals surface area contributed by atoms with Crippen LogP contribution in [0.4, 0.5) is 5.82 Å². The lowest BCUT2D eigenvalue weighted by Gasteiger charge is -2.14. The molecular formula is C17H19N3O4. The van der Waals surface area contributed by atoms with Crippen molar-refractivity contribution in [3.8, 4) is 5.75 Å². The van der Waals surface area contributed by atoms with Gasteiger partial charge in [-0.3, -0.25) is 4.79 Å². The topological polar surface area (TPSA) is 93.5 Å². The van der Waals surface area contributed by atoms with E-state index in [9.17, 15) is 14.7 Å². The number of hydrogen-bond donors (Lipinski definition) is 2. The standard InChI is InChI=1S/C17H19N3O4/c21-14-7-5-12(6-8-14)17(23)24-11-16(22)19-15-9-10-18-20(15)13-3-1-2-4-13/h5-10,13,21H,1-4,11H2,(H,19,22). The second-order valence-corrected chi connectivity index (χ2v) is 5.77. The summed E-state index contributed by atoms with van der Waals surface area (Å²) in [4.78, 5) is 23.8. The van der Waals surface area contributed by atoms with Crippen molar-refractivity contribution in [2.24, 2.45) is 0 Å². The van der Waals surface area contributed by atoms with Crippen LogP contribution in [-0.2, 0) is 9.53 Å². The van der Waals surface area contributed by atoms with E-state index in [0.717, 1.165) is 12.8 Å². The minimum atomic E-state index is -0.616. The third-order valence-corrected chi connectivity index (χ3v) is 4.05. The van der Waals surface area contributed by atoms with Crippen LogP contribution in [0.15, 0.2) is 36.5 Å². The van der Waals surface area contributed by atoms with Crippen molar-refractivity contribution in [2.75, 3.05) is 11.9 Å². The number of carbonyl (C=O) groups excluding carboxylic acids is 2. The van der Waals surface area contributed by atoms with E-state index in [-0.39, 0.29) is 17.9 Å². The largest absolute Gasteiger partial charge is 0.508 e. The summed E-state index contributed by atoms with van der Waals surface area (Å²) in [6.07, 6.45) is 6.10. The Morgan fingerprint density at radius 2 is 1.92 bits per heavy atom. The van der Waals surface area contributed by atoms with Crippen molar-refractivity contribution >= 4 is 17.7 Å². The lowest BCUT2D eigenvalue weighted by Crippen LogP contribution is -2.23. The highest BCUT2D eigenvalue weighted by Gasteiger charge is 2.20. The number of hydrogen-bond acceptors (Lipinski definition) is 5. The summed E-state index contributed by atoms with van der Waals surface area (Å²) in [5.74, 6) is -0.353. The molecule has 1 heterocycles. The van der Waals surface area contributed by atoms with Crippen LogP contribution in [0.5, 0.6) is 5.75 Å². The van der Waals surface area contributed by atoms with E-state index in [1.807, 2.05) is 4.68 Å². The molecule has 1 amide bonds. The van der Waals surface area contributed by atoms with Crippen molar-refractivity contribution in [1.29, 1.82) is 0 Å². The lowest BCUT2D eigenvalue weighted by atomic mass is 10.2. The van der Waals surface area contributed by atoms with E-state index in [0.29, 0.717) is 11.9 Å². The summed E-state index contributed by atoms with van der Waals surface area (Å²) in [7, 11) is 0. The van der Waals surface area contributed by atoms with Gasteiger partial charge in [0.25, 0.3) is 5.91 Å². The van der Waals surface area contributed by atoms with E-state index in [2.05, 4.69) is 10.4 Å². The number of carbonyl (C=O) groups is 2. The van der Waals surface area contributed by atoms with Crippen molar-refractivity contribution in [1.82, 2.24) is 9.78 Å². The molecule has 1 aromatic heterocycles. The first-order valence-corrected chi connectivity index (χ1v) is 7.93. The second kappa shape index (κ2) is 7.16. The molecule has 1 aromatic carbocycles. The van der Waals surface area contributed by atoms with Crippen molar-refractivity contribution in [3.05, 3.63) is 42.1 Å². The fraction of sp³-hybridized carbons (Fsp3) is 0.353. The zero-order chi connectivity index (χ0) is 16.9. The molecule has 0 bridgehead atoms. The lowest BCUT2D eigenvalue weighted by molar-refractivity contribution is -0.119. The van der Waals surface area contributed by atoms with Gasteiger partial charge in [-0.05, 0) is 37.1 Å². The average molecular weight is 329 g/mol. The molecule has 0 unspecified atom stereocenters. The summed E-state index contributed by atoms with van der Waals surface area (Å²) in [6.45, 7) is -0.379. The van der Waals surface area contributed by atoms with Crippen molar-refractivity contribution < 1.29 is 19.4 Å². The number of rotatable bonds is 5. The molecule has 126 valence electrons. The molecule has 2 aromatic rings. The highest BCUT2D eigenvalue weighted by molar-refractivity contribution is 5.95. The van der Waals surface area contributed by atoms with Gasteiger partial charge in [0.15, 0.2) is 6.61 Å². The fourth-order valence-electron chi connectivity index (χ4n) is 2.84. The smallest absolute Gasteiger partial charge is 0.338 e. The summed E-state index contributed by atoms with van der Waals surface area (Å²) in [5.41, 5.74) is 0.275. The minimum Gasteiger partial charge on any atom is -0.508 e. The van der Waals surface area contributed by atoms with Gasteiger partial charge in [0.05, 0.1) is 17.8 Å². The Balaban J connectivity index is 1.53. The minimum absolute atomic E-state index is 0.0597. The fourth-order valence-corrected chi connectivity index (χ4v) is 2.84. The van der Waals surface area contributed by atoms with Crippen LogP contribution in [0, 0.1) is 0 Å². The van der Waals surface area contributed by atoms with E-state index < -0.39 is 11.9 Å². The number of phenolic OH excluding ortho intramolecular Hbond substituents is 1. The maximum absolute atomic E-state index is 12.0. The van der Waals surface area contributed by atoms with Crippen LogP contribution >= 0.6 is 0 Å². The Morgan fingerprint density at radius 3 is 2.62 bits per heavy atom. The third kappa shape index (κ3) is 3.73. The van der Waals surface area contributed by atoms with E-state index >= 15 is 0 Å². The number of nitrogens with one attached hydrogen (secondary N) is 1. The number of esters is 1. The van der Waals surface area contributed by atoms with Gasteiger partial charge in [-0.15, -0.1) is 0 Å². The van der Waals surface area contributed by atoms with Crippen LogP contribution in [-0.4, -0.2) is 33.4 Å². The number of anilines is 1. The van der Waals surface area contributed by atoms with Crippen LogP contribution < -0.4 is 5.32 Å². The van der Waals surface area contributed by atoms with Crippen molar-refractivity contribution in [3.63, 3.8) is 0 Å². The number of nitrogens with zero attached hydrogens (tertiary/aromatic N) is 2. The van der Waals surface area contributed by atoms with E-state index in [1.165, 1.54) is 37.1 Å². The molecule has 1 aliphatic rings. The molecule has 0 atom stereocenters. The molecule has 0 aliphatic heterocycles. The van der Waals surface area contributed by atoms with Gasteiger partial charge < -0.3 is 15.2 Å². The van der Waals surface area contributed by atoms with Crippen LogP contribution in [0.1, 0.15) is 42.1 Å². The first-order valence-electron chi connectivity index (χ1n) is 7.93. The predicted molar refractivity (Wildman–Crippen MR) is 86.8 cm³/mol. The highest BCUT2D eigenvalue weighted by Crippen LogP contribution is 2.31. The monoisotopic (exact) mass is 329 g/mol. The predicted octanol–water partition coefficient (Wildman–Crippen LogP) is 2.50. The van der Waals surface area contributed by atoms with Gasteiger partial charge in [0.1, 0.15) is 11.6 Å². The summed E-state index contributed by atoms with van der Waals surface area (Å²) in [5, 5.41) is 16.2. The van der Waals surface area contributed by atoms with E-state index in [4.69, 9.17) is 4.74 Å². The Hall–Kier alpha value is -2.83.